The van der Waals surface area contributed by atoms with Crippen molar-refractivity contribution in [2.24, 2.45) is 0 Å². The number of phenolic OH excluding ortho intramolecular Hbond substituents is 1. The van der Waals surface area contributed by atoms with Crippen molar-refractivity contribution < 1.29 is 14.7 Å². The lowest BCUT2D eigenvalue weighted by atomic mass is 10.1. The van der Waals surface area contributed by atoms with Crippen LogP contribution in [0.15, 0.2) is 24.3 Å². The monoisotopic (exact) mass is 248 g/mol. The molecule has 1 aliphatic heterocycles. The number of nitrogens with zero attached hydrogens (tertiary/aromatic N) is 1. The molecule has 1 aromatic carbocycles. The van der Waals surface area contributed by atoms with E-state index in [4.69, 9.17) is 0 Å². The molecule has 0 aliphatic carbocycles. The van der Waals surface area contributed by atoms with Gasteiger partial charge in [0.1, 0.15) is 5.75 Å². The Balaban J connectivity index is 2.04. The number of likely N-dealkylation sites (N-methyl/N-ethyl adjacent to an activating group) is 1. The number of carbonyl (C=O) groups excluding carboxylic acids is 2. The van der Waals surface area contributed by atoms with E-state index in [1.54, 1.807) is 24.3 Å². The van der Waals surface area contributed by atoms with E-state index in [9.17, 15) is 14.7 Å². The maximum atomic E-state index is 11.7. The first-order valence-corrected chi connectivity index (χ1v) is 5.84. The maximum absolute atomic E-state index is 11.7. The highest BCUT2D eigenvalue weighted by Gasteiger charge is 2.36. The first-order valence-electron chi connectivity index (χ1n) is 5.84. The fraction of sp³-hybridized carbons (Fsp3) is 0.385. The van der Waals surface area contributed by atoms with Crippen LogP contribution in [0.4, 0.5) is 0 Å². The lowest BCUT2D eigenvalue weighted by molar-refractivity contribution is -0.137. The molecule has 2 rings (SSSR count). The molecule has 1 heterocycles. The summed E-state index contributed by atoms with van der Waals surface area (Å²) in [5.41, 5.74) is 0.961. The number of carbonyl (C=O) groups is 2. The highest BCUT2D eigenvalue weighted by molar-refractivity contribution is 6.05. The first-order chi connectivity index (χ1) is 8.49. The third-order valence-electron chi connectivity index (χ3n) is 3.23. The number of hydrogen-bond donors (Lipinski definition) is 2. The highest BCUT2D eigenvalue weighted by atomic mass is 16.3. The predicted octanol–water partition coefficient (Wildman–Crippen LogP) is 0.800. The van der Waals surface area contributed by atoms with Crippen LogP contribution in [-0.2, 0) is 9.59 Å². The molecule has 1 saturated heterocycles. The van der Waals surface area contributed by atoms with Crippen LogP contribution in [0.1, 0.15) is 24.9 Å². The zero-order chi connectivity index (χ0) is 13.3. The van der Waals surface area contributed by atoms with E-state index in [-0.39, 0.29) is 30.0 Å². The van der Waals surface area contributed by atoms with Gasteiger partial charge in [0.25, 0.3) is 0 Å². The van der Waals surface area contributed by atoms with Gasteiger partial charge in [-0.15, -0.1) is 0 Å². The Morgan fingerprint density at radius 3 is 2.44 bits per heavy atom. The molecule has 2 unspecified atom stereocenters. The molecule has 0 aromatic heterocycles. The summed E-state index contributed by atoms with van der Waals surface area (Å²) in [6.07, 6.45) is 0.206. The van der Waals surface area contributed by atoms with Gasteiger partial charge in [-0.05, 0) is 24.6 Å². The van der Waals surface area contributed by atoms with Crippen LogP contribution >= 0.6 is 0 Å². The quantitative estimate of drug-likeness (QED) is 0.776. The van der Waals surface area contributed by atoms with Crippen LogP contribution in [0.3, 0.4) is 0 Å². The Hall–Kier alpha value is -1.88. The molecule has 2 amide bonds. The third kappa shape index (κ3) is 2.36. The predicted molar refractivity (Wildman–Crippen MR) is 65.8 cm³/mol. The fourth-order valence-corrected chi connectivity index (χ4v) is 2.05. The summed E-state index contributed by atoms with van der Waals surface area (Å²) in [6.45, 7) is 1.92. The average Bonchev–Trinajstić information content (AvgIpc) is 2.58. The largest absolute Gasteiger partial charge is 0.508 e. The highest BCUT2D eigenvalue weighted by Crippen LogP contribution is 2.19. The average molecular weight is 248 g/mol. The minimum atomic E-state index is -0.452. The Labute approximate surface area is 105 Å². The van der Waals surface area contributed by atoms with Gasteiger partial charge in [-0.2, -0.15) is 0 Å². The van der Waals surface area contributed by atoms with Crippen molar-refractivity contribution in [2.45, 2.75) is 25.4 Å². The number of phenols is 1. The molecule has 1 aromatic rings. The number of rotatable bonds is 3. The van der Waals surface area contributed by atoms with Crippen LogP contribution in [0.2, 0.25) is 0 Å². The SMILES string of the molecule is CC(NC1CC(=O)N(C)C1=O)c1ccc(O)cc1. The number of benzene rings is 1. The summed E-state index contributed by atoms with van der Waals surface area (Å²) >= 11 is 0. The molecule has 5 heteroatoms. The Morgan fingerprint density at radius 2 is 1.94 bits per heavy atom. The number of hydrogen-bond acceptors (Lipinski definition) is 4. The second-order valence-electron chi connectivity index (χ2n) is 4.53. The third-order valence-corrected chi connectivity index (χ3v) is 3.23. The van der Waals surface area contributed by atoms with E-state index in [2.05, 4.69) is 5.32 Å². The number of likely N-dealkylation sites (tertiary alicyclic amines) is 1. The Kier molecular flexibility index (Phi) is 3.34. The molecule has 0 bridgehead atoms. The van der Waals surface area contributed by atoms with Gasteiger partial charge in [0.2, 0.25) is 11.8 Å². The van der Waals surface area contributed by atoms with Gasteiger partial charge >= 0.3 is 0 Å². The zero-order valence-corrected chi connectivity index (χ0v) is 10.4. The van der Waals surface area contributed by atoms with Crippen LogP contribution < -0.4 is 5.32 Å². The van der Waals surface area contributed by atoms with E-state index in [1.165, 1.54) is 7.05 Å². The molecule has 1 fully saturated rings. The van der Waals surface area contributed by atoms with Gasteiger partial charge in [-0.3, -0.25) is 19.8 Å². The topological polar surface area (TPSA) is 69.6 Å². The van der Waals surface area contributed by atoms with E-state index < -0.39 is 6.04 Å². The minimum absolute atomic E-state index is 0.0566. The van der Waals surface area contributed by atoms with Crippen molar-refractivity contribution >= 4 is 11.8 Å². The summed E-state index contributed by atoms with van der Waals surface area (Å²) < 4.78 is 0. The van der Waals surface area contributed by atoms with Gasteiger partial charge in [-0.25, -0.2) is 0 Å². The Morgan fingerprint density at radius 1 is 1.33 bits per heavy atom. The molecule has 1 aliphatic rings. The number of amides is 2. The molecule has 0 saturated carbocycles. The van der Waals surface area contributed by atoms with Crippen molar-refractivity contribution in [3.8, 4) is 5.75 Å². The molecular weight excluding hydrogens is 232 g/mol. The summed E-state index contributed by atoms with van der Waals surface area (Å²) in [5, 5.41) is 12.3. The normalized spacial score (nSPS) is 21.4. The van der Waals surface area contributed by atoms with Gasteiger partial charge < -0.3 is 5.11 Å². The van der Waals surface area contributed by atoms with Crippen molar-refractivity contribution in [2.75, 3.05) is 7.05 Å². The van der Waals surface area contributed by atoms with E-state index >= 15 is 0 Å². The summed E-state index contributed by atoms with van der Waals surface area (Å²) in [4.78, 5) is 24.3. The molecule has 0 radical (unpaired) electrons. The lowest BCUT2D eigenvalue weighted by Gasteiger charge is -2.18. The van der Waals surface area contributed by atoms with Crippen molar-refractivity contribution in [1.29, 1.82) is 0 Å². The van der Waals surface area contributed by atoms with Gasteiger partial charge in [-0.1, -0.05) is 12.1 Å². The standard InChI is InChI=1S/C13H16N2O3/c1-8(9-3-5-10(16)6-4-9)14-11-7-12(17)15(2)13(11)18/h3-6,8,11,14,16H,7H2,1-2H3. The van der Waals surface area contributed by atoms with Crippen LogP contribution in [-0.4, -0.2) is 34.9 Å². The molecule has 18 heavy (non-hydrogen) atoms. The minimum Gasteiger partial charge on any atom is -0.508 e. The molecule has 0 spiro atoms. The van der Waals surface area contributed by atoms with Crippen LogP contribution in [0.5, 0.6) is 5.75 Å². The van der Waals surface area contributed by atoms with E-state index in [0.717, 1.165) is 10.5 Å². The fourth-order valence-electron chi connectivity index (χ4n) is 2.05. The number of imide groups is 1. The van der Waals surface area contributed by atoms with Gasteiger partial charge in [0, 0.05) is 13.1 Å². The summed E-state index contributed by atoms with van der Waals surface area (Å²) in [7, 11) is 1.50. The van der Waals surface area contributed by atoms with Crippen molar-refractivity contribution in [3.63, 3.8) is 0 Å². The smallest absolute Gasteiger partial charge is 0.246 e. The molecule has 96 valence electrons. The molecular formula is C13H16N2O3. The van der Waals surface area contributed by atoms with Crippen molar-refractivity contribution in [3.05, 3.63) is 29.8 Å². The zero-order valence-electron chi connectivity index (χ0n) is 10.4. The van der Waals surface area contributed by atoms with Crippen molar-refractivity contribution in [1.82, 2.24) is 10.2 Å². The second-order valence-corrected chi connectivity index (χ2v) is 4.53. The molecule has 5 nitrogen and oxygen atoms in total. The van der Waals surface area contributed by atoms with Gasteiger partial charge in [0.05, 0.1) is 12.5 Å². The summed E-state index contributed by atoms with van der Waals surface area (Å²) in [5.74, 6) is -0.140. The summed E-state index contributed by atoms with van der Waals surface area (Å²) in [6, 6.07) is 6.27. The maximum Gasteiger partial charge on any atom is 0.246 e. The molecule has 2 N–H and O–H groups in total. The van der Waals surface area contributed by atoms with E-state index in [1.807, 2.05) is 6.92 Å². The van der Waals surface area contributed by atoms with Crippen LogP contribution in [0, 0.1) is 0 Å². The lowest BCUT2D eigenvalue weighted by Crippen LogP contribution is -2.38. The van der Waals surface area contributed by atoms with E-state index in [0.29, 0.717) is 0 Å². The van der Waals surface area contributed by atoms with Gasteiger partial charge in [0.15, 0.2) is 0 Å². The number of nitrogens with one attached hydrogen (secondary N) is 1. The second kappa shape index (κ2) is 4.78. The molecule has 2 atom stereocenters. The van der Waals surface area contributed by atoms with Crippen LogP contribution in [0.25, 0.3) is 0 Å². The Bertz CT molecular complexity index is 470. The number of aromatic hydroxyl groups is 1. The first kappa shape index (κ1) is 12.6.